The molecule has 0 atom stereocenters. The smallest absolute Gasteiger partial charge is 0.339 e. The molecule has 3 aromatic rings. The fraction of sp³-hybridized carbons (Fsp3) is 0.261. The van der Waals surface area contributed by atoms with E-state index in [1.165, 1.54) is 0 Å². The van der Waals surface area contributed by atoms with Crippen molar-refractivity contribution >= 4 is 17.7 Å². The highest BCUT2D eigenvalue weighted by molar-refractivity contribution is 5.97. The van der Waals surface area contributed by atoms with Crippen molar-refractivity contribution in [2.75, 3.05) is 5.32 Å². The minimum atomic E-state index is -1.54. The van der Waals surface area contributed by atoms with Crippen molar-refractivity contribution in [3.63, 3.8) is 0 Å². The number of amides is 1. The van der Waals surface area contributed by atoms with Crippen LogP contribution < -0.4 is 5.32 Å². The van der Waals surface area contributed by atoms with Gasteiger partial charge in [-0.1, -0.05) is 36.4 Å². The predicted octanol–water partition coefficient (Wildman–Crippen LogP) is 3.18. The molecule has 1 saturated carbocycles. The van der Waals surface area contributed by atoms with E-state index in [2.05, 4.69) is 10.3 Å². The number of aromatic nitrogens is 2. The van der Waals surface area contributed by atoms with Gasteiger partial charge >= 0.3 is 5.97 Å². The summed E-state index contributed by atoms with van der Waals surface area (Å²) in [6.45, 7) is 0. The van der Waals surface area contributed by atoms with E-state index in [0.29, 0.717) is 24.2 Å². The van der Waals surface area contributed by atoms with Crippen LogP contribution in [-0.4, -0.2) is 32.1 Å². The number of fused-ring (bicyclic) bond motifs is 2. The molecule has 0 saturated heterocycles. The van der Waals surface area contributed by atoms with Gasteiger partial charge in [-0.25, -0.2) is 9.78 Å². The fourth-order valence-electron chi connectivity index (χ4n) is 4.37. The summed E-state index contributed by atoms with van der Waals surface area (Å²) in [6, 6.07) is 17.0. The summed E-state index contributed by atoms with van der Waals surface area (Å²) in [4.78, 5) is 29.3. The molecule has 0 bridgehead atoms. The number of carbonyl (C=O) groups is 2. The number of hydrogen-bond donors (Lipinski definition) is 2. The summed E-state index contributed by atoms with van der Waals surface area (Å²) in [5.41, 5.74) is 0.0456. The molecule has 2 N–H and O–H groups in total. The van der Waals surface area contributed by atoms with E-state index in [4.69, 9.17) is 4.74 Å². The summed E-state index contributed by atoms with van der Waals surface area (Å²) in [5.74, 6) is -0.463. The average molecular weight is 403 g/mol. The first-order valence-electron chi connectivity index (χ1n) is 9.95. The quantitative estimate of drug-likeness (QED) is 0.655. The summed E-state index contributed by atoms with van der Waals surface area (Å²) in [6.07, 6.45) is 4.48. The minimum Gasteiger partial charge on any atom is -0.451 e. The Balaban J connectivity index is 1.29. The first kappa shape index (κ1) is 18.6. The monoisotopic (exact) mass is 403 g/mol. The molecule has 2 aliphatic rings. The number of anilines is 1. The molecule has 30 heavy (non-hydrogen) atoms. The minimum absolute atomic E-state index is 0.194. The third-order valence-corrected chi connectivity index (χ3v) is 6.11. The highest BCUT2D eigenvalue weighted by atomic mass is 16.6. The van der Waals surface area contributed by atoms with Gasteiger partial charge in [0.15, 0.2) is 5.82 Å². The van der Waals surface area contributed by atoms with Crippen LogP contribution in [0.4, 0.5) is 5.82 Å². The molecular formula is C23H21N3O4. The van der Waals surface area contributed by atoms with Gasteiger partial charge < -0.3 is 19.7 Å². The molecule has 1 aromatic heterocycles. The molecule has 152 valence electrons. The van der Waals surface area contributed by atoms with Crippen molar-refractivity contribution in [3.8, 4) is 5.69 Å². The Morgan fingerprint density at radius 2 is 1.73 bits per heavy atom. The first-order valence-corrected chi connectivity index (χ1v) is 9.95. The van der Waals surface area contributed by atoms with Crippen LogP contribution in [0, 0.1) is 0 Å². The van der Waals surface area contributed by atoms with Gasteiger partial charge in [-0.15, -0.1) is 0 Å². The van der Waals surface area contributed by atoms with E-state index in [-0.39, 0.29) is 18.8 Å². The van der Waals surface area contributed by atoms with Gasteiger partial charge in [0.25, 0.3) is 5.91 Å². The van der Waals surface area contributed by atoms with Crippen LogP contribution in [0.1, 0.15) is 41.6 Å². The second kappa shape index (κ2) is 6.81. The molecule has 1 fully saturated rings. The Labute approximate surface area is 173 Å². The zero-order chi connectivity index (χ0) is 20.8. The Hall–Kier alpha value is -3.45. The van der Waals surface area contributed by atoms with Crippen LogP contribution in [0.3, 0.4) is 0 Å². The number of nitrogens with one attached hydrogen (secondary N) is 1. The average Bonchev–Trinajstić information content (AvgIpc) is 3.35. The SMILES string of the molecule is O=C1OC2(CCC(O)(C(=O)Nc3cn(-c4ccccc4)cn3)CC2)c2ccccc21. The Kier molecular flexibility index (Phi) is 4.22. The van der Waals surface area contributed by atoms with Crippen molar-refractivity contribution in [1.29, 1.82) is 0 Å². The van der Waals surface area contributed by atoms with Gasteiger partial charge in [0, 0.05) is 11.3 Å². The fourth-order valence-corrected chi connectivity index (χ4v) is 4.37. The molecule has 0 radical (unpaired) electrons. The number of benzene rings is 2. The van der Waals surface area contributed by atoms with Gasteiger partial charge in [0.1, 0.15) is 17.5 Å². The molecule has 1 aliphatic heterocycles. The second-order valence-electron chi connectivity index (χ2n) is 7.92. The van der Waals surface area contributed by atoms with E-state index in [1.807, 2.05) is 42.5 Å². The van der Waals surface area contributed by atoms with E-state index >= 15 is 0 Å². The number of aliphatic hydroxyl groups is 1. The van der Waals surface area contributed by atoms with Crippen molar-refractivity contribution < 1.29 is 19.4 Å². The van der Waals surface area contributed by atoms with Gasteiger partial charge in [-0.2, -0.15) is 0 Å². The maximum atomic E-state index is 12.8. The van der Waals surface area contributed by atoms with Gasteiger partial charge in [-0.3, -0.25) is 4.79 Å². The number of imidazole rings is 1. The number of rotatable bonds is 3. The molecular weight excluding hydrogens is 382 g/mol. The van der Waals surface area contributed by atoms with Gasteiger partial charge in [-0.05, 0) is 43.9 Å². The number of esters is 1. The highest BCUT2D eigenvalue weighted by Crippen LogP contribution is 2.49. The maximum absolute atomic E-state index is 12.8. The number of para-hydroxylation sites is 1. The van der Waals surface area contributed by atoms with Gasteiger partial charge in [0.05, 0.1) is 11.8 Å². The lowest BCUT2D eigenvalue weighted by atomic mass is 9.72. The Morgan fingerprint density at radius 3 is 2.50 bits per heavy atom. The molecule has 5 rings (SSSR count). The summed E-state index contributed by atoms with van der Waals surface area (Å²) < 4.78 is 7.50. The summed E-state index contributed by atoms with van der Waals surface area (Å²) in [5, 5.41) is 13.7. The van der Waals surface area contributed by atoms with Crippen LogP contribution in [0.15, 0.2) is 67.1 Å². The van der Waals surface area contributed by atoms with Crippen LogP contribution in [0.25, 0.3) is 5.69 Å². The molecule has 2 heterocycles. The van der Waals surface area contributed by atoms with Crippen LogP contribution in [-0.2, 0) is 15.1 Å². The molecule has 2 aromatic carbocycles. The maximum Gasteiger partial charge on any atom is 0.339 e. The van der Waals surface area contributed by atoms with Crippen LogP contribution in [0.2, 0.25) is 0 Å². The largest absolute Gasteiger partial charge is 0.451 e. The molecule has 0 unspecified atom stereocenters. The van der Waals surface area contributed by atoms with Crippen molar-refractivity contribution in [2.24, 2.45) is 0 Å². The second-order valence-corrected chi connectivity index (χ2v) is 7.92. The standard InChI is InChI=1S/C23H21N3O4/c27-20-17-8-4-5-9-18(17)23(30-20)12-10-22(29,11-13-23)21(28)25-19-14-26(15-24-19)16-6-2-1-3-7-16/h1-9,14-15,29H,10-13H2,(H,25,28). The molecule has 1 spiro atoms. The highest BCUT2D eigenvalue weighted by Gasteiger charge is 2.52. The van der Waals surface area contributed by atoms with E-state index in [1.54, 1.807) is 29.2 Å². The van der Waals surface area contributed by atoms with Crippen molar-refractivity contribution in [3.05, 3.63) is 78.2 Å². The number of nitrogens with zero attached hydrogens (tertiary/aromatic N) is 2. The number of hydrogen-bond acceptors (Lipinski definition) is 5. The summed E-state index contributed by atoms with van der Waals surface area (Å²) in [7, 11) is 0. The van der Waals surface area contributed by atoms with Gasteiger partial charge in [0.2, 0.25) is 0 Å². The van der Waals surface area contributed by atoms with Crippen LogP contribution in [0.5, 0.6) is 0 Å². The molecule has 7 nitrogen and oxygen atoms in total. The zero-order valence-electron chi connectivity index (χ0n) is 16.2. The Bertz CT molecular complexity index is 1110. The normalized spacial score (nSPS) is 25.0. The topological polar surface area (TPSA) is 93.5 Å². The number of ether oxygens (including phenoxy) is 1. The molecule has 7 heteroatoms. The first-order chi connectivity index (χ1) is 14.5. The lowest BCUT2D eigenvalue weighted by Gasteiger charge is -2.40. The number of carbonyl (C=O) groups excluding carboxylic acids is 2. The van der Waals surface area contributed by atoms with E-state index in [0.717, 1.165) is 11.3 Å². The molecule has 1 aliphatic carbocycles. The predicted molar refractivity (Wildman–Crippen MR) is 109 cm³/mol. The zero-order valence-corrected chi connectivity index (χ0v) is 16.2. The molecule has 1 amide bonds. The Morgan fingerprint density at radius 1 is 1.03 bits per heavy atom. The lowest BCUT2D eigenvalue weighted by molar-refractivity contribution is -0.144. The van der Waals surface area contributed by atoms with Crippen LogP contribution >= 0.6 is 0 Å². The van der Waals surface area contributed by atoms with Crippen molar-refractivity contribution in [1.82, 2.24) is 9.55 Å². The third kappa shape index (κ3) is 2.98. The van der Waals surface area contributed by atoms with Crippen molar-refractivity contribution in [2.45, 2.75) is 36.9 Å². The van der Waals surface area contributed by atoms with E-state index in [9.17, 15) is 14.7 Å². The lowest BCUT2D eigenvalue weighted by Crippen LogP contribution is -2.49. The third-order valence-electron chi connectivity index (χ3n) is 6.11. The summed E-state index contributed by atoms with van der Waals surface area (Å²) >= 11 is 0. The van der Waals surface area contributed by atoms with E-state index < -0.39 is 17.1 Å².